The number of aliphatic hydroxyl groups is 1. The predicted molar refractivity (Wildman–Crippen MR) is 74.3 cm³/mol. The van der Waals surface area contributed by atoms with Crippen molar-refractivity contribution in [3.8, 4) is 0 Å². The van der Waals surface area contributed by atoms with Crippen LogP contribution >= 0.6 is 11.3 Å². The van der Waals surface area contributed by atoms with E-state index in [1.54, 1.807) is 17.4 Å². The Kier molecular flexibility index (Phi) is 4.96. The molecular weight excluding hydrogens is 246 g/mol. The molecule has 0 saturated heterocycles. The van der Waals surface area contributed by atoms with E-state index >= 15 is 0 Å². The third-order valence-electron chi connectivity index (χ3n) is 3.33. The van der Waals surface area contributed by atoms with Crippen molar-refractivity contribution < 1.29 is 9.90 Å². The Morgan fingerprint density at radius 2 is 2.44 bits per heavy atom. The van der Waals surface area contributed by atoms with Crippen LogP contribution in [0.4, 0.5) is 0 Å². The minimum atomic E-state index is -0.0352. The van der Waals surface area contributed by atoms with Crippen molar-refractivity contribution >= 4 is 23.3 Å². The van der Waals surface area contributed by atoms with Gasteiger partial charge in [-0.1, -0.05) is 12.5 Å². The number of carbonyl (C=O) groups excluding carboxylic acids is 1. The largest absolute Gasteiger partial charge is 0.396 e. The number of hydrogen-bond donors (Lipinski definition) is 2. The van der Waals surface area contributed by atoms with E-state index in [2.05, 4.69) is 5.32 Å². The fourth-order valence-electron chi connectivity index (χ4n) is 2.38. The van der Waals surface area contributed by atoms with Gasteiger partial charge in [0.25, 0.3) is 0 Å². The van der Waals surface area contributed by atoms with Gasteiger partial charge in [0.15, 0.2) is 0 Å². The van der Waals surface area contributed by atoms with Gasteiger partial charge in [0.2, 0.25) is 5.91 Å². The van der Waals surface area contributed by atoms with Crippen molar-refractivity contribution in [1.29, 1.82) is 0 Å². The molecule has 98 valence electrons. The van der Waals surface area contributed by atoms with E-state index in [-0.39, 0.29) is 18.6 Å². The summed E-state index contributed by atoms with van der Waals surface area (Å²) in [7, 11) is 0. The lowest BCUT2D eigenvalue weighted by atomic mass is 9.86. The maximum Gasteiger partial charge on any atom is 0.244 e. The number of nitrogens with one attached hydrogen (secondary N) is 1. The Labute approximate surface area is 112 Å². The molecule has 0 spiro atoms. The molecular formula is C14H19NO2S. The average molecular weight is 265 g/mol. The summed E-state index contributed by atoms with van der Waals surface area (Å²) < 4.78 is 0. The van der Waals surface area contributed by atoms with Crippen molar-refractivity contribution in [2.45, 2.75) is 31.7 Å². The van der Waals surface area contributed by atoms with E-state index in [1.807, 2.05) is 23.6 Å². The zero-order chi connectivity index (χ0) is 12.8. The Morgan fingerprint density at radius 1 is 1.56 bits per heavy atom. The second kappa shape index (κ2) is 6.71. The first-order valence-electron chi connectivity index (χ1n) is 6.41. The summed E-state index contributed by atoms with van der Waals surface area (Å²) in [5.41, 5.74) is 0. The van der Waals surface area contributed by atoms with Crippen molar-refractivity contribution in [2.24, 2.45) is 5.92 Å². The normalized spacial score (nSPS) is 24.3. The summed E-state index contributed by atoms with van der Waals surface area (Å²) in [6, 6.07) is 4.17. The van der Waals surface area contributed by atoms with Crippen LogP contribution in [0.15, 0.2) is 23.6 Å². The van der Waals surface area contributed by atoms with Crippen molar-refractivity contribution in [3.63, 3.8) is 0 Å². The zero-order valence-corrected chi connectivity index (χ0v) is 11.2. The van der Waals surface area contributed by atoms with E-state index < -0.39 is 0 Å². The molecule has 1 aromatic rings. The molecule has 0 radical (unpaired) electrons. The summed E-state index contributed by atoms with van der Waals surface area (Å²) in [5, 5.41) is 14.1. The van der Waals surface area contributed by atoms with Crippen molar-refractivity contribution in [1.82, 2.24) is 5.32 Å². The summed E-state index contributed by atoms with van der Waals surface area (Å²) in [6.07, 6.45) is 7.52. The number of thiophene rings is 1. The van der Waals surface area contributed by atoms with Gasteiger partial charge in [0.1, 0.15) is 0 Å². The summed E-state index contributed by atoms with van der Waals surface area (Å²) in [6.45, 7) is 0.234. The number of carbonyl (C=O) groups is 1. The fourth-order valence-corrected chi connectivity index (χ4v) is 3.00. The molecule has 1 aromatic heterocycles. The highest BCUT2D eigenvalue weighted by molar-refractivity contribution is 7.10. The number of amides is 1. The molecule has 1 aliphatic carbocycles. The molecule has 1 heterocycles. The first-order chi connectivity index (χ1) is 8.78. The van der Waals surface area contributed by atoms with Gasteiger partial charge in [-0.3, -0.25) is 4.79 Å². The van der Waals surface area contributed by atoms with Crippen molar-refractivity contribution in [2.75, 3.05) is 6.61 Å². The third kappa shape index (κ3) is 3.96. The average Bonchev–Trinajstić information content (AvgIpc) is 2.90. The van der Waals surface area contributed by atoms with Crippen LogP contribution < -0.4 is 5.32 Å². The highest BCUT2D eigenvalue weighted by atomic mass is 32.1. The molecule has 4 heteroatoms. The Balaban J connectivity index is 1.80. The Bertz CT molecular complexity index is 400. The van der Waals surface area contributed by atoms with E-state index in [9.17, 15) is 4.79 Å². The first-order valence-corrected chi connectivity index (χ1v) is 7.29. The smallest absolute Gasteiger partial charge is 0.244 e. The number of aliphatic hydroxyl groups excluding tert-OH is 1. The molecule has 1 amide bonds. The third-order valence-corrected chi connectivity index (χ3v) is 4.17. The second-order valence-electron chi connectivity index (χ2n) is 4.77. The second-order valence-corrected chi connectivity index (χ2v) is 5.75. The molecule has 18 heavy (non-hydrogen) atoms. The maximum absolute atomic E-state index is 11.7. The van der Waals surface area contributed by atoms with Gasteiger partial charge in [-0.25, -0.2) is 0 Å². The van der Waals surface area contributed by atoms with Crippen LogP contribution in [-0.4, -0.2) is 23.7 Å². The lowest BCUT2D eigenvalue weighted by molar-refractivity contribution is -0.117. The Hall–Kier alpha value is -1.13. The van der Waals surface area contributed by atoms with Crippen LogP contribution in [0.2, 0.25) is 0 Å². The van der Waals surface area contributed by atoms with Gasteiger partial charge in [0, 0.05) is 23.6 Å². The van der Waals surface area contributed by atoms with Crippen LogP contribution in [-0.2, 0) is 4.79 Å². The quantitative estimate of drug-likeness (QED) is 0.821. The van der Waals surface area contributed by atoms with E-state index in [4.69, 9.17) is 5.11 Å². The lowest BCUT2D eigenvalue weighted by Gasteiger charge is -2.28. The predicted octanol–water partition coefficient (Wildman–Crippen LogP) is 2.43. The fraction of sp³-hybridized carbons (Fsp3) is 0.500. The maximum atomic E-state index is 11.7. The number of hydrogen-bond acceptors (Lipinski definition) is 3. The van der Waals surface area contributed by atoms with E-state index in [0.717, 1.165) is 30.6 Å². The van der Waals surface area contributed by atoms with Gasteiger partial charge >= 0.3 is 0 Å². The SMILES string of the molecule is O=C(/C=C/c1cccs1)NC1CCCC(CO)C1. The van der Waals surface area contributed by atoms with Crippen molar-refractivity contribution in [3.05, 3.63) is 28.5 Å². The van der Waals surface area contributed by atoms with Gasteiger partial charge in [-0.15, -0.1) is 11.3 Å². The topological polar surface area (TPSA) is 49.3 Å². The molecule has 0 bridgehead atoms. The summed E-state index contributed by atoms with van der Waals surface area (Å²) >= 11 is 1.62. The molecule has 2 rings (SSSR count). The zero-order valence-electron chi connectivity index (χ0n) is 10.3. The van der Waals surface area contributed by atoms with Crippen LogP contribution in [0.1, 0.15) is 30.6 Å². The molecule has 2 atom stereocenters. The van der Waals surface area contributed by atoms with Gasteiger partial charge in [-0.2, -0.15) is 0 Å². The van der Waals surface area contributed by atoms with Gasteiger partial charge in [-0.05, 0) is 42.7 Å². The van der Waals surface area contributed by atoms with Crippen LogP contribution in [0, 0.1) is 5.92 Å². The number of rotatable bonds is 4. The molecule has 1 fully saturated rings. The van der Waals surface area contributed by atoms with Gasteiger partial charge in [0.05, 0.1) is 0 Å². The molecule has 1 saturated carbocycles. The van der Waals surface area contributed by atoms with E-state index in [0.29, 0.717) is 5.92 Å². The molecule has 3 nitrogen and oxygen atoms in total. The standard InChI is InChI=1S/C14H19NO2S/c16-10-11-3-1-4-12(9-11)15-14(17)7-6-13-5-2-8-18-13/h2,5-8,11-12,16H,1,3-4,9-10H2,(H,15,17)/b7-6+. The lowest BCUT2D eigenvalue weighted by Crippen LogP contribution is -2.38. The highest BCUT2D eigenvalue weighted by Gasteiger charge is 2.21. The molecule has 0 aliphatic heterocycles. The van der Waals surface area contributed by atoms with Gasteiger partial charge < -0.3 is 10.4 Å². The van der Waals surface area contributed by atoms with Crippen LogP contribution in [0.25, 0.3) is 6.08 Å². The molecule has 2 unspecified atom stereocenters. The molecule has 0 aromatic carbocycles. The minimum absolute atomic E-state index is 0.0352. The molecule has 2 N–H and O–H groups in total. The van der Waals surface area contributed by atoms with Crippen LogP contribution in [0.3, 0.4) is 0 Å². The minimum Gasteiger partial charge on any atom is -0.396 e. The molecule has 1 aliphatic rings. The summed E-state index contributed by atoms with van der Waals surface area (Å²) in [5.74, 6) is 0.317. The van der Waals surface area contributed by atoms with Crippen LogP contribution in [0.5, 0.6) is 0 Å². The highest BCUT2D eigenvalue weighted by Crippen LogP contribution is 2.23. The Morgan fingerprint density at radius 3 is 3.17 bits per heavy atom. The summed E-state index contributed by atoms with van der Waals surface area (Å²) in [4.78, 5) is 12.8. The monoisotopic (exact) mass is 265 g/mol. The van der Waals surface area contributed by atoms with E-state index in [1.165, 1.54) is 0 Å². The first kappa shape index (κ1) is 13.3.